The summed E-state index contributed by atoms with van der Waals surface area (Å²) in [5.41, 5.74) is 2.01. The second-order valence-corrected chi connectivity index (χ2v) is 7.35. The summed E-state index contributed by atoms with van der Waals surface area (Å²) in [5, 5.41) is 3.44. The third-order valence-corrected chi connectivity index (χ3v) is 5.63. The van der Waals surface area contributed by atoms with Crippen molar-refractivity contribution in [2.75, 3.05) is 13.1 Å². The molecule has 1 aliphatic carbocycles. The molecule has 1 atom stereocenters. The van der Waals surface area contributed by atoms with E-state index < -0.39 is 0 Å². The van der Waals surface area contributed by atoms with Crippen molar-refractivity contribution in [1.82, 2.24) is 5.32 Å². The van der Waals surface area contributed by atoms with E-state index in [1.165, 1.54) is 31.2 Å². The number of ketones is 1. The predicted octanol–water partition coefficient (Wildman–Crippen LogP) is 4.16. The summed E-state index contributed by atoms with van der Waals surface area (Å²) < 4.78 is 0. The van der Waals surface area contributed by atoms with Crippen LogP contribution in [0.25, 0.3) is 0 Å². The Morgan fingerprint density at radius 3 is 2.62 bits per heavy atom. The number of hydrogen-bond acceptors (Lipinski definition) is 2. The van der Waals surface area contributed by atoms with Crippen molar-refractivity contribution in [2.24, 2.45) is 11.3 Å². The Bertz CT molecular complexity index is 510. The predicted molar refractivity (Wildman–Crippen MR) is 86.7 cm³/mol. The van der Waals surface area contributed by atoms with E-state index in [2.05, 4.69) is 37.4 Å². The number of rotatable bonds is 4. The van der Waals surface area contributed by atoms with Gasteiger partial charge in [-0.2, -0.15) is 0 Å². The summed E-state index contributed by atoms with van der Waals surface area (Å²) in [7, 11) is 0. The maximum atomic E-state index is 13.0. The maximum absolute atomic E-state index is 13.0. The molecular formula is C19H27NO. The fourth-order valence-corrected chi connectivity index (χ4v) is 3.70. The van der Waals surface area contributed by atoms with Gasteiger partial charge in [-0.25, -0.2) is 0 Å². The summed E-state index contributed by atoms with van der Waals surface area (Å²) in [6, 6.07) is 8.42. The molecule has 3 rings (SSSR count). The first-order valence-electron chi connectivity index (χ1n) is 8.44. The Morgan fingerprint density at radius 1 is 1.19 bits per heavy atom. The van der Waals surface area contributed by atoms with Crippen LogP contribution in [0.1, 0.15) is 67.8 Å². The Hall–Kier alpha value is -1.15. The molecule has 1 saturated carbocycles. The van der Waals surface area contributed by atoms with E-state index >= 15 is 0 Å². The first kappa shape index (κ1) is 14.8. The minimum atomic E-state index is -0.272. The second kappa shape index (κ2) is 5.92. The number of benzene rings is 1. The normalized spacial score (nSPS) is 23.6. The zero-order valence-electron chi connectivity index (χ0n) is 13.3. The van der Waals surface area contributed by atoms with Gasteiger partial charge in [0.05, 0.1) is 0 Å². The van der Waals surface area contributed by atoms with E-state index in [-0.39, 0.29) is 5.41 Å². The summed E-state index contributed by atoms with van der Waals surface area (Å²) in [6.45, 7) is 6.32. The summed E-state index contributed by atoms with van der Waals surface area (Å²) in [6.07, 6.45) is 6.25. The lowest BCUT2D eigenvalue weighted by Gasteiger charge is -2.36. The van der Waals surface area contributed by atoms with Gasteiger partial charge in [0.25, 0.3) is 0 Å². The SMILES string of the molecule is CC(C)(C(=O)c1cccc(C2CCC2)c1)C1CCCNC1. The van der Waals surface area contributed by atoms with Gasteiger partial charge >= 0.3 is 0 Å². The Morgan fingerprint density at radius 2 is 2.00 bits per heavy atom. The fraction of sp³-hybridized carbons (Fsp3) is 0.632. The number of carbonyl (C=O) groups excluding carboxylic acids is 1. The molecule has 1 saturated heterocycles. The van der Waals surface area contributed by atoms with Crippen molar-refractivity contribution in [2.45, 2.75) is 51.9 Å². The Labute approximate surface area is 128 Å². The van der Waals surface area contributed by atoms with Crippen LogP contribution in [0.3, 0.4) is 0 Å². The number of Topliss-reactive ketones (excluding diaryl/α,β-unsaturated/α-hetero) is 1. The first-order valence-corrected chi connectivity index (χ1v) is 8.44. The third kappa shape index (κ3) is 2.91. The summed E-state index contributed by atoms with van der Waals surface area (Å²) in [4.78, 5) is 13.0. The van der Waals surface area contributed by atoms with Gasteiger partial charge in [0.1, 0.15) is 0 Å². The van der Waals surface area contributed by atoms with E-state index in [0.29, 0.717) is 17.6 Å². The van der Waals surface area contributed by atoms with Gasteiger partial charge in [0.15, 0.2) is 5.78 Å². The molecular weight excluding hydrogens is 258 g/mol. The minimum Gasteiger partial charge on any atom is -0.316 e. The average Bonchev–Trinajstić information content (AvgIpc) is 2.46. The highest BCUT2D eigenvalue weighted by atomic mass is 16.1. The quantitative estimate of drug-likeness (QED) is 0.842. The van der Waals surface area contributed by atoms with Crippen LogP contribution in [0.2, 0.25) is 0 Å². The van der Waals surface area contributed by atoms with Crippen molar-refractivity contribution in [3.8, 4) is 0 Å². The lowest BCUT2D eigenvalue weighted by molar-refractivity contribution is 0.0708. The highest BCUT2D eigenvalue weighted by Crippen LogP contribution is 2.38. The lowest BCUT2D eigenvalue weighted by Crippen LogP contribution is -2.42. The van der Waals surface area contributed by atoms with Gasteiger partial charge in [-0.15, -0.1) is 0 Å². The van der Waals surface area contributed by atoms with Gasteiger partial charge in [0, 0.05) is 11.0 Å². The maximum Gasteiger partial charge on any atom is 0.168 e. The van der Waals surface area contributed by atoms with Gasteiger partial charge < -0.3 is 5.32 Å². The molecule has 2 aliphatic rings. The number of hydrogen-bond donors (Lipinski definition) is 1. The molecule has 21 heavy (non-hydrogen) atoms. The Kier molecular flexibility index (Phi) is 4.17. The zero-order chi connectivity index (χ0) is 14.9. The third-order valence-electron chi connectivity index (χ3n) is 5.63. The highest BCUT2D eigenvalue weighted by Gasteiger charge is 2.37. The van der Waals surface area contributed by atoms with E-state index in [9.17, 15) is 4.79 Å². The molecule has 1 aromatic rings. The van der Waals surface area contributed by atoms with Crippen molar-refractivity contribution in [3.63, 3.8) is 0 Å². The molecule has 1 aliphatic heterocycles. The molecule has 0 radical (unpaired) electrons. The molecule has 0 aromatic heterocycles. The molecule has 0 amide bonds. The van der Waals surface area contributed by atoms with E-state index in [0.717, 1.165) is 25.1 Å². The van der Waals surface area contributed by atoms with Gasteiger partial charge in [-0.3, -0.25) is 4.79 Å². The molecule has 2 nitrogen and oxygen atoms in total. The van der Waals surface area contributed by atoms with Gasteiger partial charge in [-0.05, 0) is 62.2 Å². The van der Waals surface area contributed by atoms with E-state index in [1.54, 1.807) is 0 Å². The molecule has 2 heteroatoms. The summed E-state index contributed by atoms with van der Waals surface area (Å²) >= 11 is 0. The Balaban J connectivity index is 1.79. The standard InChI is InChI=1S/C19H27NO/c1-19(2,17-10-5-11-20-13-17)18(21)16-9-4-8-15(12-16)14-6-3-7-14/h4,8-9,12,14,17,20H,3,5-7,10-11,13H2,1-2H3. The average molecular weight is 285 g/mol. The van der Waals surface area contributed by atoms with Crippen LogP contribution in [-0.2, 0) is 0 Å². The molecule has 114 valence electrons. The molecule has 0 bridgehead atoms. The number of piperidine rings is 1. The van der Waals surface area contributed by atoms with E-state index in [1.807, 2.05) is 6.07 Å². The smallest absolute Gasteiger partial charge is 0.168 e. The molecule has 1 N–H and O–H groups in total. The van der Waals surface area contributed by atoms with Crippen LogP contribution in [0.15, 0.2) is 24.3 Å². The molecule has 0 spiro atoms. The highest BCUT2D eigenvalue weighted by molar-refractivity contribution is 6.00. The van der Waals surface area contributed by atoms with Gasteiger partial charge in [-0.1, -0.05) is 38.5 Å². The summed E-state index contributed by atoms with van der Waals surface area (Å²) in [5.74, 6) is 1.46. The van der Waals surface area contributed by atoms with Crippen LogP contribution >= 0.6 is 0 Å². The van der Waals surface area contributed by atoms with E-state index in [4.69, 9.17) is 0 Å². The second-order valence-electron chi connectivity index (χ2n) is 7.35. The van der Waals surface area contributed by atoms with Crippen LogP contribution in [-0.4, -0.2) is 18.9 Å². The van der Waals surface area contributed by atoms with Crippen LogP contribution in [0.4, 0.5) is 0 Å². The molecule has 1 unspecified atom stereocenters. The van der Waals surface area contributed by atoms with Crippen LogP contribution in [0.5, 0.6) is 0 Å². The van der Waals surface area contributed by atoms with Crippen LogP contribution < -0.4 is 5.32 Å². The first-order chi connectivity index (χ1) is 10.1. The van der Waals surface area contributed by atoms with Gasteiger partial charge in [0.2, 0.25) is 0 Å². The van der Waals surface area contributed by atoms with Crippen molar-refractivity contribution in [3.05, 3.63) is 35.4 Å². The molecule has 1 aromatic carbocycles. The monoisotopic (exact) mass is 285 g/mol. The van der Waals surface area contributed by atoms with Crippen molar-refractivity contribution >= 4 is 5.78 Å². The largest absolute Gasteiger partial charge is 0.316 e. The lowest BCUT2D eigenvalue weighted by atomic mass is 9.70. The van der Waals surface area contributed by atoms with Crippen molar-refractivity contribution < 1.29 is 4.79 Å². The number of carbonyl (C=O) groups is 1. The number of nitrogens with one attached hydrogen (secondary N) is 1. The zero-order valence-corrected chi connectivity index (χ0v) is 13.3. The van der Waals surface area contributed by atoms with Crippen molar-refractivity contribution in [1.29, 1.82) is 0 Å². The van der Waals surface area contributed by atoms with Crippen LogP contribution in [0, 0.1) is 11.3 Å². The molecule has 2 fully saturated rings. The molecule has 1 heterocycles. The fourth-order valence-electron chi connectivity index (χ4n) is 3.70. The minimum absolute atomic E-state index is 0.272. The topological polar surface area (TPSA) is 29.1 Å².